The number of carbonyl (C=O) groups is 1. The second-order valence-corrected chi connectivity index (χ2v) is 7.78. The molecule has 3 rings (SSSR count). The van der Waals surface area contributed by atoms with Gasteiger partial charge in [0.15, 0.2) is 0 Å². The Balaban J connectivity index is 1.90. The van der Waals surface area contributed by atoms with Crippen molar-refractivity contribution < 1.29 is 14.6 Å². The first-order valence-electron chi connectivity index (χ1n) is 8.28. The number of carboxylic acids is 1. The van der Waals surface area contributed by atoms with Crippen LogP contribution in [-0.4, -0.2) is 16.1 Å². The maximum Gasteiger partial charge on any atom is 0.310 e. The lowest BCUT2D eigenvalue weighted by atomic mass is 9.98. The highest BCUT2D eigenvalue weighted by molar-refractivity contribution is 7.17. The normalized spacial score (nSPS) is 12.3. The van der Waals surface area contributed by atoms with Crippen molar-refractivity contribution in [2.24, 2.45) is 0 Å². The number of aryl methyl sites for hydroxylation is 3. The van der Waals surface area contributed by atoms with Crippen molar-refractivity contribution in [1.82, 2.24) is 4.98 Å². The molecule has 0 fully saturated rings. The minimum atomic E-state index is -0.818. The first kappa shape index (κ1) is 18.7. The average Bonchev–Trinajstić information content (AvgIpc) is 2.97. The monoisotopic (exact) mass is 389 g/mol. The molecule has 0 saturated carbocycles. The van der Waals surface area contributed by atoms with Gasteiger partial charge in [0.1, 0.15) is 12.4 Å². The fraction of sp³-hybridized carbons (Fsp3) is 0.300. The number of halogens is 1. The largest absolute Gasteiger partial charge is 0.489 e. The number of benzene rings is 1. The molecule has 0 aliphatic rings. The molecule has 0 radical (unpaired) electrons. The van der Waals surface area contributed by atoms with Crippen LogP contribution >= 0.6 is 22.9 Å². The Labute approximate surface area is 161 Å². The van der Waals surface area contributed by atoms with E-state index in [4.69, 9.17) is 16.3 Å². The Morgan fingerprint density at radius 2 is 2.04 bits per heavy atom. The predicted molar refractivity (Wildman–Crippen MR) is 106 cm³/mol. The summed E-state index contributed by atoms with van der Waals surface area (Å²) in [6, 6.07) is 5.73. The summed E-state index contributed by atoms with van der Waals surface area (Å²) < 4.78 is 6.99. The Hall–Kier alpha value is -2.11. The standard InChI is InChI=1S/C20H20ClNO3S/c1-10-5-14(25-8-15-13(4)22-11(2)6-17(15)21)7-18-19(10)16(9-26-18)12(3)20(23)24/h5-7,9,12H,8H2,1-4H3,(H,23,24). The molecule has 3 aromatic rings. The molecule has 0 aliphatic heterocycles. The highest BCUT2D eigenvalue weighted by Gasteiger charge is 2.20. The molecule has 0 spiro atoms. The Bertz CT molecular complexity index is 973. The zero-order chi connectivity index (χ0) is 19.0. The number of hydrogen-bond donors (Lipinski definition) is 1. The zero-order valence-electron chi connectivity index (χ0n) is 15.1. The Morgan fingerprint density at radius 1 is 1.31 bits per heavy atom. The second kappa shape index (κ2) is 7.25. The molecule has 0 aliphatic carbocycles. The second-order valence-electron chi connectivity index (χ2n) is 6.46. The maximum atomic E-state index is 11.3. The van der Waals surface area contributed by atoms with E-state index in [-0.39, 0.29) is 0 Å². The van der Waals surface area contributed by atoms with Gasteiger partial charge >= 0.3 is 5.97 Å². The van der Waals surface area contributed by atoms with E-state index in [2.05, 4.69) is 4.98 Å². The molecule has 136 valence electrons. The van der Waals surface area contributed by atoms with E-state index in [1.165, 1.54) is 11.3 Å². The predicted octanol–water partition coefficient (Wildman–Crippen LogP) is 5.64. The van der Waals surface area contributed by atoms with E-state index < -0.39 is 11.9 Å². The van der Waals surface area contributed by atoms with E-state index in [1.807, 2.05) is 44.4 Å². The number of thiophene rings is 1. The fourth-order valence-corrected chi connectivity index (χ4v) is 4.55. The van der Waals surface area contributed by atoms with Crippen molar-refractivity contribution in [1.29, 1.82) is 0 Å². The number of carboxylic acid groups (broad SMARTS) is 1. The van der Waals surface area contributed by atoms with Crippen LogP contribution in [0.4, 0.5) is 0 Å². The third-order valence-electron chi connectivity index (χ3n) is 4.50. The van der Waals surface area contributed by atoms with Gasteiger partial charge in [-0.1, -0.05) is 11.6 Å². The number of hydrogen-bond acceptors (Lipinski definition) is 4. The fourth-order valence-electron chi connectivity index (χ4n) is 3.04. The lowest BCUT2D eigenvalue weighted by Crippen LogP contribution is -2.07. The summed E-state index contributed by atoms with van der Waals surface area (Å²) in [5.41, 5.74) is 4.48. The first-order valence-corrected chi connectivity index (χ1v) is 9.53. The van der Waals surface area contributed by atoms with Crippen LogP contribution < -0.4 is 4.74 Å². The molecule has 26 heavy (non-hydrogen) atoms. The lowest BCUT2D eigenvalue weighted by molar-refractivity contribution is -0.138. The van der Waals surface area contributed by atoms with E-state index in [9.17, 15) is 9.90 Å². The number of nitrogens with zero attached hydrogens (tertiary/aromatic N) is 1. The summed E-state index contributed by atoms with van der Waals surface area (Å²) in [4.78, 5) is 15.8. The molecular formula is C20H20ClNO3S. The van der Waals surface area contributed by atoms with Crippen LogP contribution in [0.3, 0.4) is 0 Å². The number of aliphatic carboxylic acids is 1. The molecule has 0 bridgehead atoms. The molecule has 1 atom stereocenters. The van der Waals surface area contributed by atoms with E-state index in [0.717, 1.165) is 43.9 Å². The first-order chi connectivity index (χ1) is 12.3. The number of aromatic nitrogens is 1. The van der Waals surface area contributed by atoms with Crippen LogP contribution in [0, 0.1) is 20.8 Å². The number of ether oxygens (including phenoxy) is 1. The van der Waals surface area contributed by atoms with Gasteiger partial charge < -0.3 is 9.84 Å². The van der Waals surface area contributed by atoms with Crippen LogP contribution in [0.2, 0.25) is 5.02 Å². The van der Waals surface area contributed by atoms with Gasteiger partial charge in [0.25, 0.3) is 0 Å². The Kier molecular flexibility index (Phi) is 5.21. The van der Waals surface area contributed by atoms with Gasteiger partial charge in [0.2, 0.25) is 0 Å². The highest BCUT2D eigenvalue weighted by atomic mass is 35.5. The number of pyridine rings is 1. The van der Waals surface area contributed by atoms with Crippen LogP contribution in [0.5, 0.6) is 5.75 Å². The SMILES string of the molecule is Cc1cc(Cl)c(COc2cc(C)c3c(C(C)C(=O)O)csc3c2)c(C)n1. The average molecular weight is 390 g/mol. The molecular weight excluding hydrogens is 370 g/mol. The summed E-state index contributed by atoms with van der Waals surface area (Å²) in [7, 11) is 0. The Morgan fingerprint density at radius 3 is 2.69 bits per heavy atom. The molecule has 0 saturated heterocycles. The van der Waals surface area contributed by atoms with Crippen LogP contribution in [0.15, 0.2) is 23.6 Å². The van der Waals surface area contributed by atoms with Gasteiger partial charge in [-0.15, -0.1) is 11.3 Å². The van der Waals surface area contributed by atoms with Crippen molar-refractivity contribution in [2.75, 3.05) is 0 Å². The molecule has 0 amide bonds. The van der Waals surface area contributed by atoms with E-state index in [1.54, 1.807) is 6.92 Å². The molecule has 2 heterocycles. The van der Waals surface area contributed by atoms with E-state index >= 15 is 0 Å². The summed E-state index contributed by atoms with van der Waals surface area (Å²) in [5, 5.41) is 12.9. The third-order valence-corrected chi connectivity index (χ3v) is 5.78. The van der Waals surface area contributed by atoms with Crippen molar-refractivity contribution >= 4 is 39.0 Å². The zero-order valence-corrected chi connectivity index (χ0v) is 16.7. The quantitative estimate of drug-likeness (QED) is 0.613. The molecule has 1 aromatic carbocycles. The van der Waals surface area contributed by atoms with Crippen LogP contribution in [0.1, 0.15) is 40.9 Å². The van der Waals surface area contributed by atoms with Crippen molar-refractivity contribution in [3.05, 3.63) is 56.7 Å². The van der Waals surface area contributed by atoms with E-state index in [0.29, 0.717) is 11.6 Å². The highest BCUT2D eigenvalue weighted by Crippen LogP contribution is 2.37. The molecule has 6 heteroatoms. The van der Waals surface area contributed by atoms with Crippen LogP contribution in [-0.2, 0) is 11.4 Å². The topological polar surface area (TPSA) is 59.4 Å². The lowest BCUT2D eigenvalue weighted by Gasteiger charge is -2.12. The van der Waals surface area contributed by atoms with Crippen molar-refractivity contribution in [3.63, 3.8) is 0 Å². The number of fused-ring (bicyclic) bond motifs is 1. The van der Waals surface area contributed by atoms with Gasteiger partial charge in [-0.2, -0.15) is 0 Å². The van der Waals surface area contributed by atoms with Crippen molar-refractivity contribution in [2.45, 2.75) is 40.2 Å². The smallest absolute Gasteiger partial charge is 0.310 e. The number of rotatable bonds is 5. The summed E-state index contributed by atoms with van der Waals surface area (Å²) in [6.07, 6.45) is 0. The molecule has 4 nitrogen and oxygen atoms in total. The molecule has 1 N–H and O–H groups in total. The third kappa shape index (κ3) is 3.55. The maximum absolute atomic E-state index is 11.3. The van der Waals surface area contributed by atoms with Gasteiger partial charge in [0.05, 0.1) is 10.9 Å². The molecule has 2 aromatic heterocycles. The summed E-state index contributed by atoms with van der Waals surface area (Å²) in [5.74, 6) is -0.613. The van der Waals surface area contributed by atoms with Gasteiger partial charge in [-0.3, -0.25) is 9.78 Å². The van der Waals surface area contributed by atoms with Gasteiger partial charge in [-0.05, 0) is 67.8 Å². The minimum absolute atomic E-state index is 0.340. The molecule has 1 unspecified atom stereocenters. The van der Waals surface area contributed by atoms with Crippen LogP contribution in [0.25, 0.3) is 10.1 Å². The summed E-state index contributed by atoms with van der Waals surface area (Å²) >= 11 is 7.86. The van der Waals surface area contributed by atoms with Crippen molar-refractivity contribution in [3.8, 4) is 5.75 Å². The summed E-state index contributed by atoms with van der Waals surface area (Å²) in [6.45, 7) is 7.86. The van der Waals surface area contributed by atoms with Gasteiger partial charge in [0, 0.05) is 21.7 Å². The van der Waals surface area contributed by atoms with Gasteiger partial charge in [-0.25, -0.2) is 0 Å². The minimum Gasteiger partial charge on any atom is -0.489 e.